The molecule has 1 aromatic rings. The monoisotopic (exact) mass is 181 g/mol. The van der Waals surface area contributed by atoms with Crippen LogP contribution in [0.15, 0.2) is 12.3 Å². The lowest BCUT2D eigenvalue weighted by atomic mass is 9.96. The quantitative estimate of drug-likeness (QED) is 0.654. The molecule has 3 heteroatoms. The Hall–Kier alpha value is -1.12. The van der Waals surface area contributed by atoms with E-state index in [-0.39, 0.29) is 6.10 Å². The largest absolute Gasteiger partial charge is 0.486 e. The summed E-state index contributed by atoms with van der Waals surface area (Å²) in [6.07, 6.45) is 4.97. The Kier molecular flexibility index (Phi) is 2.17. The molecule has 0 radical (unpaired) electrons. The van der Waals surface area contributed by atoms with Crippen LogP contribution in [0.3, 0.4) is 0 Å². The summed E-state index contributed by atoms with van der Waals surface area (Å²) in [4.78, 5) is 3.60. The van der Waals surface area contributed by atoms with Crippen LogP contribution in [0.5, 0.6) is 5.75 Å². The Morgan fingerprint density at radius 1 is 1.54 bits per heavy atom. The fourth-order valence-corrected chi connectivity index (χ4v) is 1.28. The maximum Gasteiger partial charge on any atom is 0.255 e. The lowest BCUT2D eigenvalue weighted by Crippen LogP contribution is -2.25. The first-order valence-electron chi connectivity index (χ1n) is 4.54. The molecule has 0 amide bonds. The van der Waals surface area contributed by atoms with E-state index in [9.17, 15) is 4.39 Å². The molecule has 0 aliphatic heterocycles. The van der Waals surface area contributed by atoms with Crippen molar-refractivity contribution in [1.29, 1.82) is 0 Å². The third-order valence-electron chi connectivity index (χ3n) is 2.29. The van der Waals surface area contributed by atoms with Crippen LogP contribution in [0, 0.1) is 12.9 Å². The van der Waals surface area contributed by atoms with Gasteiger partial charge in [0.2, 0.25) is 0 Å². The zero-order chi connectivity index (χ0) is 9.26. The van der Waals surface area contributed by atoms with Gasteiger partial charge in [-0.25, -0.2) is 4.98 Å². The average Bonchev–Trinajstić information content (AvgIpc) is 2.03. The Morgan fingerprint density at radius 3 is 2.92 bits per heavy atom. The third-order valence-corrected chi connectivity index (χ3v) is 2.29. The van der Waals surface area contributed by atoms with Crippen LogP contribution in [0.2, 0.25) is 0 Å². The molecule has 0 saturated heterocycles. The first kappa shape index (κ1) is 8.48. The SMILES string of the molecule is Cc1cnc(F)c(OC2CCC2)c1. The van der Waals surface area contributed by atoms with Crippen molar-refractivity contribution in [3.63, 3.8) is 0 Å². The molecule has 1 fully saturated rings. The lowest BCUT2D eigenvalue weighted by molar-refractivity contribution is 0.113. The molecule has 1 aliphatic rings. The van der Waals surface area contributed by atoms with Crippen LogP contribution < -0.4 is 4.74 Å². The summed E-state index contributed by atoms with van der Waals surface area (Å²) in [5, 5.41) is 0. The van der Waals surface area contributed by atoms with Crippen molar-refractivity contribution < 1.29 is 9.13 Å². The van der Waals surface area contributed by atoms with Gasteiger partial charge in [-0.3, -0.25) is 0 Å². The minimum atomic E-state index is -0.502. The van der Waals surface area contributed by atoms with Crippen LogP contribution in [0.1, 0.15) is 24.8 Å². The molecule has 0 atom stereocenters. The van der Waals surface area contributed by atoms with Gasteiger partial charge in [-0.1, -0.05) is 0 Å². The van der Waals surface area contributed by atoms with Crippen molar-refractivity contribution in [2.45, 2.75) is 32.3 Å². The predicted molar refractivity (Wildman–Crippen MR) is 47.2 cm³/mol. The van der Waals surface area contributed by atoms with Gasteiger partial charge in [-0.2, -0.15) is 4.39 Å². The average molecular weight is 181 g/mol. The van der Waals surface area contributed by atoms with Crippen molar-refractivity contribution in [3.8, 4) is 5.75 Å². The van der Waals surface area contributed by atoms with E-state index in [4.69, 9.17) is 4.74 Å². The van der Waals surface area contributed by atoms with Gasteiger partial charge in [0.05, 0.1) is 6.10 Å². The van der Waals surface area contributed by atoms with Gasteiger partial charge in [0.15, 0.2) is 5.75 Å². The van der Waals surface area contributed by atoms with Gasteiger partial charge in [0.1, 0.15) is 0 Å². The van der Waals surface area contributed by atoms with Crippen LogP contribution in [-0.2, 0) is 0 Å². The topological polar surface area (TPSA) is 22.1 Å². The zero-order valence-corrected chi connectivity index (χ0v) is 7.59. The Balaban J connectivity index is 2.13. The van der Waals surface area contributed by atoms with Gasteiger partial charge in [-0.05, 0) is 37.8 Å². The highest BCUT2D eigenvalue weighted by Crippen LogP contribution is 2.26. The van der Waals surface area contributed by atoms with Crippen LogP contribution in [0.25, 0.3) is 0 Å². The second-order valence-corrected chi connectivity index (χ2v) is 3.47. The molecular weight excluding hydrogens is 169 g/mol. The van der Waals surface area contributed by atoms with Crippen molar-refractivity contribution in [3.05, 3.63) is 23.8 Å². The van der Waals surface area contributed by atoms with E-state index in [2.05, 4.69) is 4.98 Å². The second-order valence-electron chi connectivity index (χ2n) is 3.47. The molecule has 0 unspecified atom stereocenters. The van der Waals surface area contributed by atoms with E-state index in [1.807, 2.05) is 6.92 Å². The summed E-state index contributed by atoms with van der Waals surface area (Å²) in [7, 11) is 0. The summed E-state index contributed by atoms with van der Waals surface area (Å²) in [6.45, 7) is 1.88. The number of pyridine rings is 1. The molecule has 0 bridgehead atoms. The molecule has 70 valence electrons. The number of aryl methyl sites for hydroxylation is 1. The van der Waals surface area contributed by atoms with E-state index in [0.29, 0.717) is 5.75 Å². The van der Waals surface area contributed by atoms with E-state index >= 15 is 0 Å². The van der Waals surface area contributed by atoms with Crippen LogP contribution >= 0.6 is 0 Å². The molecule has 1 aromatic heterocycles. The molecule has 1 aliphatic carbocycles. The van der Waals surface area contributed by atoms with E-state index in [1.54, 1.807) is 6.07 Å². The van der Waals surface area contributed by atoms with Gasteiger partial charge in [0, 0.05) is 6.20 Å². The van der Waals surface area contributed by atoms with E-state index < -0.39 is 5.95 Å². The number of hydrogen-bond acceptors (Lipinski definition) is 2. The maximum absolute atomic E-state index is 13.1. The Labute approximate surface area is 76.7 Å². The molecule has 1 saturated carbocycles. The summed E-state index contributed by atoms with van der Waals surface area (Å²) < 4.78 is 18.5. The normalized spacial score (nSPS) is 16.8. The molecule has 0 spiro atoms. The molecule has 13 heavy (non-hydrogen) atoms. The van der Waals surface area contributed by atoms with Crippen molar-refractivity contribution in [2.24, 2.45) is 0 Å². The van der Waals surface area contributed by atoms with Crippen molar-refractivity contribution in [2.75, 3.05) is 0 Å². The third kappa shape index (κ3) is 1.79. The standard InChI is InChI=1S/C10H12FNO/c1-7-5-9(10(11)12-6-7)13-8-3-2-4-8/h5-6,8H,2-4H2,1H3. The fraction of sp³-hybridized carbons (Fsp3) is 0.500. The highest BCUT2D eigenvalue weighted by molar-refractivity contribution is 5.24. The fourth-order valence-electron chi connectivity index (χ4n) is 1.28. The molecule has 0 N–H and O–H groups in total. The number of halogens is 1. The van der Waals surface area contributed by atoms with Gasteiger partial charge in [0.25, 0.3) is 5.95 Å². The minimum absolute atomic E-state index is 0.207. The molecule has 1 heterocycles. The van der Waals surface area contributed by atoms with E-state index in [0.717, 1.165) is 18.4 Å². The Bertz CT molecular complexity index is 310. The first-order chi connectivity index (χ1) is 6.25. The number of nitrogens with zero attached hydrogens (tertiary/aromatic N) is 1. The second kappa shape index (κ2) is 3.32. The number of aromatic nitrogens is 1. The smallest absolute Gasteiger partial charge is 0.255 e. The molecule has 2 nitrogen and oxygen atoms in total. The molecule has 0 aromatic carbocycles. The summed E-state index contributed by atoms with van der Waals surface area (Å²) in [5.74, 6) is -0.206. The Morgan fingerprint density at radius 2 is 2.31 bits per heavy atom. The maximum atomic E-state index is 13.1. The van der Waals surface area contributed by atoms with Crippen molar-refractivity contribution in [1.82, 2.24) is 4.98 Å². The summed E-state index contributed by atoms with van der Waals surface area (Å²) in [5.41, 5.74) is 0.927. The van der Waals surface area contributed by atoms with Gasteiger partial charge >= 0.3 is 0 Å². The summed E-state index contributed by atoms with van der Waals surface area (Å²) >= 11 is 0. The van der Waals surface area contributed by atoms with Gasteiger partial charge < -0.3 is 4.74 Å². The minimum Gasteiger partial charge on any atom is -0.486 e. The summed E-state index contributed by atoms with van der Waals surface area (Å²) in [6, 6.07) is 1.70. The van der Waals surface area contributed by atoms with E-state index in [1.165, 1.54) is 12.6 Å². The first-order valence-corrected chi connectivity index (χ1v) is 4.54. The highest BCUT2D eigenvalue weighted by Gasteiger charge is 2.20. The van der Waals surface area contributed by atoms with Crippen LogP contribution in [0.4, 0.5) is 4.39 Å². The van der Waals surface area contributed by atoms with Gasteiger partial charge in [-0.15, -0.1) is 0 Å². The zero-order valence-electron chi connectivity index (χ0n) is 7.59. The number of rotatable bonds is 2. The van der Waals surface area contributed by atoms with Crippen LogP contribution in [-0.4, -0.2) is 11.1 Å². The predicted octanol–water partition coefficient (Wildman–Crippen LogP) is 2.46. The highest BCUT2D eigenvalue weighted by atomic mass is 19.1. The number of ether oxygens (including phenoxy) is 1. The molecular formula is C10H12FNO. The van der Waals surface area contributed by atoms with Crippen molar-refractivity contribution >= 4 is 0 Å². The molecule has 2 rings (SSSR count). The number of hydrogen-bond donors (Lipinski definition) is 0. The lowest BCUT2D eigenvalue weighted by Gasteiger charge is -2.26.